The van der Waals surface area contributed by atoms with E-state index in [1.807, 2.05) is 18.7 Å². The van der Waals surface area contributed by atoms with Gasteiger partial charge in [0.05, 0.1) is 12.1 Å². The predicted molar refractivity (Wildman–Crippen MR) is 68.7 cm³/mol. The van der Waals surface area contributed by atoms with Crippen molar-refractivity contribution in [3.05, 3.63) is 0 Å². The number of likely N-dealkylation sites (tertiary alicyclic amines) is 1. The average molecular weight is 242 g/mol. The van der Waals surface area contributed by atoms with Gasteiger partial charge in [-0.15, -0.1) is 0 Å². The van der Waals surface area contributed by atoms with Crippen LogP contribution < -0.4 is 5.32 Å². The summed E-state index contributed by atoms with van der Waals surface area (Å²) >= 11 is 0. The van der Waals surface area contributed by atoms with E-state index in [0.29, 0.717) is 25.6 Å². The Morgan fingerprint density at radius 1 is 1.35 bits per heavy atom. The molecule has 4 heteroatoms. The Balaban J connectivity index is 2.14. The van der Waals surface area contributed by atoms with Crippen molar-refractivity contribution < 1.29 is 9.90 Å². The number of rotatable bonds is 6. The minimum atomic E-state index is -0.585. The Morgan fingerprint density at radius 3 is 2.41 bits per heavy atom. The highest BCUT2D eigenvalue weighted by molar-refractivity contribution is 5.78. The van der Waals surface area contributed by atoms with E-state index in [9.17, 15) is 9.90 Å². The van der Waals surface area contributed by atoms with Crippen molar-refractivity contribution in [2.45, 2.75) is 39.7 Å². The van der Waals surface area contributed by atoms with Gasteiger partial charge < -0.3 is 10.4 Å². The highest BCUT2D eigenvalue weighted by atomic mass is 16.3. The van der Waals surface area contributed by atoms with E-state index >= 15 is 0 Å². The Kier molecular flexibility index (Phi) is 4.95. The van der Waals surface area contributed by atoms with Gasteiger partial charge in [-0.1, -0.05) is 27.7 Å². The fourth-order valence-electron chi connectivity index (χ4n) is 1.96. The van der Waals surface area contributed by atoms with Gasteiger partial charge >= 0.3 is 0 Å². The Hall–Kier alpha value is -0.610. The molecule has 1 saturated heterocycles. The van der Waals surface area contributed by atoms with Crippen molar-refractivity contribution in [3.8, 4) is 0 Å². The van der Waals surface area contributed by atoms with E-state index in [2.05, 4.69) is 19.2 Å². The van der Waals surface area contributed by atoms with Gasteiger partial charge in [-0.3, -0.25) is 9.69 Å². The van der Waals surface area contributed by atoms with Gasteiger partial charge in [0.25, 0.3) is 0 Å². The Morgan fingerprint density at radius 2 is 1.94 bits per heavy atom. The largest absolute Gasteiger partial charge is 0.387 e. The second-order valence-electron chi connectivity index (χ2n) is 5.94. The number of nitrogens with zero attached hydrogens (tertiary/aromatic N) is 1. The number of β-amino-alcohol motifs (C(OH)–C–C–N with tert-alkyl or cyclic N) is 1. The van der Waals surface area contributed by atoms with Crippen LogP contribution in [0.5, 0.6) is 0 Å². The molecule has 0 aromatic heterocycles. The number of carbonyl (C=O) groups excluding carboxylic acids is 1. The monoisotopic (exact) mass is 242 g/mol. The molecule has 1 heterocycles. The first-order valence-electron chi connectivity index (χ1n) is 6.55. The molecule has 0 bridgehead atoms. The number of amides is 1. The molecule has 0 saturated carbocycles. The number of hydrogen-bond donors (Lipinski definition) is 2. The SMILES string of the molecule is CC(C)CCNC(=O)CN1CC(O)(C(C)C)C1. The molecule has 0 spiro atoms. The standard InChI is InChI=1S/C13H26N2O2/c1-10(2)5-6-14-12(16)7-15-8-13(17,9-15)11(3)4/h10-11,17H,5-9H2,1-4H3,(H,14,16). The van der Waals surface area contributed by atoms with Crippen molar-refractivity contribution in [3.63, 3.8) is 0 Å². The summed E-state index contributed by atoms with van der Waals surface area (Å²) in [7, 11) is 0. The molecular formula is C13H26N2O2. The van der Waals surface area contributed by atoms with Crippen LogP contribution in [0, 0.1) is 11.8 Å². The van der Waals surface area contributed by atoms with Crippen LogP contribution in [0.15, 0.2) is 0 Å². The molecule has 0 aliphatic carbocycles. The first kappa shape index (κ1) is 14.5. The third kappa shape index (κ3) is 4.28. The van der Waals surface area contributed by atoms with Crippen molar-refractivity contribution in [1.29, 1.82) is 0 Å². The lowest BCUT2D eigenvalue weighted by atomic mass is 9.83. The third-order valence-electron chi connectivity index (χ3n) is 3.48. The first-order chi connectivity index (χ1) is 7.83. The van der Waals surface area contributed by atoms with Crippen LogP contribution in [-0.4, -0.2) is 47.7 Å². The summed E-state index contributed by atoms with van der Waals surface area (Å²) in [5.74, 6) is 0.935. The van der Waals surface area contributed by atoms with Crippen LogP contribution in [0.3, 0.4) is 0 Å². The minimum absolute atomic E-state index is 0.0662. The van der Waals surface area contributed by atoms with Crippen molar-refractivity contribution in [2.24, 2.45) is 11.8 Å². The van der Waals surface area contributed by atoms with Crippen LogP contribution in [-0.2, 0) is 4.79 Å². The zero-order valence-electron chi connectivity index (χ0n) is 11.5. The lowest BCUT2D eigenvalue weighted by molar-refractivity contribution is -0.142. The summed E-state index contributed by atoms with van der Waals surface area (Å²) in [6.07, 6.45) is 1.02. The minimum Gasteiger partial charge on any atom is -0.387 e. The quantitative estimate of drug-likeness (QED) is 0.726. The predicted octanol–water partition coefficient (Wildman–Crippen LogP) is 0.851. The van der Waals surface area contributed by atoms with Gasteiger partial charge in [0.15, 0.2) is 0 Å². The van der Waals surface area contributed by atoms with Crippen LogP contribution in [0.2, 0.25) is 0 Å². The highest BCUT2D eigenvalue weighted by Gasteiger charge is 2.43. The molecule has 0 radical (unpaired) electrons. The summed E-state index contributed by atoms with van der Waals surface area (Å²) in [6.45, 7) is 10.7. The molecule has 0 aromatic carbocycles. The van der Waals surface area contributed by atoms with Crippen LogP contribution in [0.25, 0.3) is 0 Å². The molecule has 0 unspecified atom stereocenters. The number of aliphatic hydroxyl groups is 1. The summed E-state index contributed by atoms with van der Waals surface area (Å²) in [5.41, 5.74) is -0.585. The molecular weight excluding hydrogens is 216 g/mol. The zero-order valence-corrected chi connectivity index (χ0v) is 11.5. The van der Waals surface area contributed by atoms with E-state index in [0.717, 1.165) is 13.0 Å². The third-order valence-corrected chi connectivity index (χ3v) is 3.48. The van der Waals surface area contributed by atoms with Crippen LogP contribution in [0.4, 0.5) is 0 Å². The Labute approximate surface area is 104 Å². The maximum absolute atomic E-state index is 11.6. The smallest absolute Gasteiger partial charge is 0.234 e. The van der Waals surface area contributed by atoms with Gasteiger partial charge in [-0.2, -0.15) is 0 Å². The summed E-state index contributed by atoms with van der Waals surface area (Å²) in [4.78, 5) is 13.6. The zero-order chi connectivity index (χ0) is 13.1. The lowest BCUT2D eigenvalue weighted by Gasteiger charge is -2.48. The molecule has 0 atom stereocenters. The molecule has 1 aliphatic heterocycles. The van der Waals surface area contributed by atoms with Crippen LogP contribution >= 0.6 is 0 Å². The summed E-state index contributed by atoms with van der Waals surface area (Å²) in [5, 5.41) is 13.0. The molecule has 1 amide bonds. The first-order valence-corrected chi connectivity index (χ1v) is 6.55. The fraction of sp³-hybridized carbons (Fsp3) is 0.923. The molecule has 1 rings (SSSR count). The second-order valence-corrected chi connectivity index (χ2v) is 5.94. The molecule has 1 aliphatic rings. The van der Waals surface area contributed by atoms with Gasteiger partial charge in [0, 0.05) is 19.6 Å². The molecule has 100 valence electrons. The molecule has 4 nitrogen and oxygen atoms in total. The molecule has 1 fully saturated rings. The number of nitrogens with one attached hydrogen (secondary N) is 1. The van der Waals surface area contributed by atoms with Crippen molar-refractivity contribution in [2.75, 3.05) is 26.2 Å². The fourth-order valence-corrected chi connectivity index (χ4v) is 1.96. The van der Waals surface area contributed by atoms with Gasteiger partial charge in [0.2, 0.25) is 5.91 Å². The molecule has 0 aromatic rings. The van der Waals surface area contributed by atoms with E-state index in [-0.39, 0.29) is 11.8 Å². The van der Waals surface area contributed by atoms with E-state index < -0.39 is 5.60 Å². The van der Waals surface area contributed by atoms with Gasteiger partial charge in [0.1, 0.15) is 0 Å². The van der Waals surface area contributed by atoms with Gasteiger partial charge in [-0.05, 0) is 18.3 Å². The van der Waals surface area contributed by atoms with Crippen molar-refractivity contribution in [1.82, 2.24) is 10.2 Å². The molecule has 17 heavy (non-hydrogen) atoms. The maximum atomic E-state index is 11.6. The summed E-state index contributed by atoms with van der Waals surface area (Å²) in [6, 6.07) is 0. The van der Waals surface area contributed by atoms with E-state index in [4.69, 9.17) is 0 Å². The van der Waals surface area contributed by atoms with Crippen molar-refractivity contribution >= 4 is 5.91 Å². The highest BCUT2D eigenvalue weighted by Crippen LogP contribution is 2.27. The molecule has 2 N–H and O–H groups in total. The average Bonchev–Trinajstić information content (AvgIpc) is 2.14. The second kappa shape index (κ2) is 5.83. The maximum Gasteiger partial charge on any atom is 0.234 e. The normalized spacial score (nSPS) is 19.5. The number of hydrogen-bond acceptors (Lipinski definition) is 3. The number of carbonyl (C=O) groups is 1. The van der Waals surface area contributed by atoms with Crippen LogP contribution in [0.1, 0.15) is 34.1 Å². The Bertz CT molecular complexity index is 258. The lowest BCUT2D eigenvalue weighted by Crippen LogP contribution is -2.65. The van der Waals surface area contributed by atoms with Gasteiger partial charge in [-0.25, -0.2) is 0 Å². The topological polar surface area (TPSA) is 52.6 Å². The van der Waals surface area contributed by atoms with E-state index in [1.54, 1.807) is 0 Å². The summed E-state index contributed by atoms with van der Waals surface area (Å²) < 4.78 is 0. The van der Waals surface area contributed by atoms with E-state index in [1.165, 1.54) is 0 Å².